The minimum atomic E-state index is -1.05. The topological polar surface area (TPSA) is 97.1 Å². The first-order chi connectivity index (χ1) is 10.1. The maximum atomic E-state index is 11.9. The van der Waals surface area contributed by atoms with Crippen LogP contribution in [-0.4, -0.2) is 38.3 Å². The molecule has 2 aromatic rings. The largest absolute Gasteiger partial charge is 0.478 e. The van der Waals surface area contributed by atoms with Crippen molar-refractivity contribution in [2.24, 2.45) is 0 Å². The summed E-state index contributed by atoms with van der Waals surface area (Å²) in [6, 6.07) is 3.39. The number of carboxylic acid groups (broad SMARTS) is 1. The minimum absolute atomic E-state index is 0.264. The van der Waals surface area contributed by atoms with Crippen LogP contribution in [0.5, 0.6) is 0 Å². The lowest BCUT2D eigenvalue weighted by atomic mass is 10.2. The summed E-state index contributed by atoms with van der Waals surface area (Å²) in [6.45, 7) is 1.01. The summed E-state index contributed by atoms with van der Waals surface area (Å²) in [5, 5.41) is 15.3. The van der Waals surface area contributed by atoms with Crippen molar-refractivity contribution in [3.05, 3.63) is 54.1 Å². The molecule has 0 bridgehead atoms. The molecule has 0 aliphatic heterocycles. The second kappa shape index (κ2) is 6.99. The van der Waals surface area contributed by atoms with E-state index in [-0.39, 0.29) is 5.91 Å². The summed E-state index contributed by atoms with van der Waals surface area (Å²) in [4.78, 5) is 26.3. The van der Waals surface area contributed by atoms with Gasteiger partial charge in [-0.05, 0) is 23.8 Å². The Labute approximate surface area is 120 Å². The zero-order valence-corrected chi connectivity index (χ0v) is 11.1. The van der Waals surface area contributed by atoms with Gasteiger partial charge >= 0.3 is 5.97 Å². The average Bonchev–Trinajstić information content (AvgIpc) is 2.98. The van der Waals surface area contributed by atoms with Crippen LogP contribution in [0.25, 0.3) is 6.08 Å². The Kier molecular flexibility index (Phi) is 4.81. The molecule has 7 nitrogen and oxygen atoms in total. The van der Waals surface area contributed by atoms with Crippen molar-refractivity contribution in [2.75, 3.05) is 6.54 Å². The van der Waals surface area contributed by atoms with E-state index in [0.29, 0.717) is 24.2 Å². The summed E-state index contributed by atoms with van der Waals surface area (Å²) >= 11 is 0. The van der Waals surface area contributed by atoms with Crippen molar-refractivity contribution < 1.29 is 14.7 Å². The molecule has 0 saturated carbocycles. The molecule has 2 N–H and O–H groups in total. The van der Waals surface area contributed by atoms with Crippen LogP contribution >= 0.6 is 0 Å². The first-order valence-electron chi connectivity index (χ1n) is 6.27. The van der Waals surface area contributed by atoms with Gasteiger partial charge in [0.25, 0.3) is 5.91 Å². The normalized spacial score (nSPS) is 10.7. The highest BCUT2D eigenvalue weighted by Crippen LogP contribution is 2.05. The monoisotopic (exact) mass is 286 g/mol. The third-order valence-electron chi connectivity index (χ3n) is 2.63. The summed E-state index contributed by atoms with van der Waals surface area (Å²) in [5.41, 5.74) is 0.931. The Hall–Kier alpha value is -2.96. The Morgan fingerprint density at radius 1 is 1.38 bits per heavy atom. The van der Waals surface area contributed by atoms with E-state index < -0.39 is 5.97 Å². The first-order valence-corrected chi connectivity index (χ1v) is 6.27. The number of pyridine rings is 1. The number of carbonyl (C=O) groups excluding carboxylic acids is 1. The number of aliphatic carboxylic acids is 1. The molecule has 2 heterocycles. The molecule has 0 unspecified atom stereocenters. The molecule has 0 aliphatic rings. The second-order valence-corrected chi connectivity index (χ2v) is 4.20. The van der Waals surface area contributed by atoms with Crippen molar-refractivity contribution in [2.45, 2.75) is 6.54 Å². The van der Waals surface area contributed by atoms with Gasteiger partial charge in [0, 0.05) is 37.4 Å². The predicted molar refractivity (Wildman–Crippen MR) is 75.5 cm³/mol. The van der Waals surface area contributed by atoms with Crippen LogP contribution in [0.4, 0.5) is 0 Å². The minimum Gasteiger partial charge on any atom is -0.478 e. The molecule has 0 atom stereocenters. The number of nitrogens with one attached hydrogen (secondary N) is 1. The van der Waals surface area contributed by atoms with Crippen molar-refractivity contribution in [3.63, 3.8) is 0 Å². The highest BCUT2D eigenvalue weighted by atomic mass is 16.4. The summed E-state index contributed by atoms with van der Waals surface area (Å²) in [7, 11) is 0. The van der Waals surface area contributed by atoms with Crippen molar-refractivity contribution in [1.82, 2.24) is 20.1 Å². The quantitative estimate of drug-likeness (QED) is 0.766. The number of hydrogen-bond donors (Lipinski definition) is 2. The van der Waals surface area contributed by atoms with Gasteiger partial charge in [-0.15, -0.1) is 0 Å². The van der Waals surface area contributed by atoms with E-state index in [1.165, 1.54) is 18.5 Å². The molecule has 0 radical (unpaired) electrons. The van der Waals surface area contributed by atoms with E-state index in [1.54, 1.807) is 16.9 Å². The van der Waals surface area contributed by atoms with E-state index in [0.717, 1.165) is 6.08 Å². The van der Waals surface area contributed by atoms with Crippen LogP contribution in [0.2, 0.25) is 0 Å². The molecule has 0 saturated heterocycles. The highest BCUT2D eigenvalue weighted by molar-refractivity contribution is 5.94. The van der Waals surface area contributed by atoms with Crippen LogP contribution < -0.4 is 5.32 Å². The fourth-order valence-corrected chi connectivity index (χ4v) is 1.66. The molecule has 0 aromatic carbocycles. The van der Waals surface area contributed by atoms with Gasteiger partial charge in [-0.2, -0.15) is 5.10 Å². The molecule has 0 fully saturated rings. The first kappa shape index (κ1) is 14.4. The zero-order valence-electron chi connectivity index (χ0n) is 11.1. The lowest BCUT2D eigenvalue weighted by Gasteiger charge is -2.05. The van der Waals surface area contributed by atoms with Gasteiger partial charge in [-0.1, -0.05) is 0 Å². The number of hydrogen-bond acceptors (Lipinski definition) is 4. The van der Waals surface area contributed by atoms with Crippen LogP contribution in [-0.2, 0) is 11.3 Å². The van der Waals surface area contributed by atoms with Crippen LogP contribution in [0.3, 0.4) is 0 Å². The number of carboxylic acids is 1. The molecule has 21 heavy (non-hydrogen) atoms. The van der Waals surface area contributed by atoms with Gasteiger partial charge in [0.05, 0.1) is 12.1 Å². The standard InChI is InChI=1S/C14H14N4O3/c19-13(20)3-2-11-8-12(10-15-9-11)14(21)16-5-7-18-6-1-4-17-18/h1-4,6,8-10H,5,7H2,(H,16,21)(H,19,20). The maximum absolute atomic E-state index is 11.9. The van der Waals surface area contributed by atoms with Crippen molar-refractivity contribution in [3.8, 4) is 0 Å². The fraction of sp³-hybridized carbons (Fsp3) is 0.143. The molecule has 7 heteroatoms. The molecule has 2 aromatic heterocycles. The zero-order chi connectivity index (χ0) is 15.1. The third-order valence-corrected chi connectivity index (χ3v) is 2.63. The van der Waals surface area contributed by atoms with E-state index in [1.807, 2.05) is 12.3 Å². The van der Waals surface area contributed by atoms with Crippen LogP contribution in [0.1, 0.15) is 15.9 Å². The molecular formula is C14H14N4O3. The highest BCUT2D eigenvalue weighted by Gasteiger charge is 2.05. The fourth-order valence-electron chi connectivity index (χ4n) is 1.66. The third kappa shape index (κ3) is 4.57. The average molecular weight is 286 g/mol. The molecule has 1 amide bonds. The van der Waals surface area contributed by atoms with Gasteiger partial charge in [0.1, 0.15) is 0 Å². The Morgan fingerprint density at radius 3 is 2.95 bits per heavy atom. The number of rotatable bonds is 6. The molecule has 0 aliphatic carbocycles. The Balaban J connectivity index is 1.92. The summed E-state index contributed by atoms with van der Waals surface area (Å²) < 4.78 is 1.71. The van der Waals surface area contributed by atoms with E-state index in [2.05, 4.69) is 15.4 Å². The van der Waals surface area contributed by atoms with Gasteiger partial charge in [-0.3, -0.25) is 14.5 Å². The van der Waals surface area contributed by atoms with E-state index in [4.69, 9.17) is 5.11 Å². The van der Waals surface area contributed by atoms with Gasteiger partial charge in [0.2, 0.25) is 0 Å². The second-order valence-electron chi connectivity index (χ2n) is 4.20. The van der Waals surface area contributed by atoms with Gasteiger partial charge < -0.3 is 10.4 Å². The number of nitrogens with zero attached hydrogens (tertiary/aromatic N) is 3. The Bertz CT molecular complexity index is 650. The lowest BCUT2D eigenvalue weighted by molar-refractivity contribution is -0.131. The lowest BCUT2D eigenvalue weighted by Crippen LogP contribution is -2.27. The SMILES string of the molecule is O=C(O)C=Cc1cncc(C(=O)NCCn2cccn2)c1. The van der Waals surface area contributed by atoms with Crippen molar-refractivity contribution >= 4 is 18.0 Å². The van der Waals surface area contributed by atoms with E-state index in [9.17, 15) is 9.59 Å². The maximum Gasteiger partial charge on any atom is 0.328 e. The molecular weight excluding hydrogens is 272 g/mol. The molecule has 108 valence electrons. The van der Waals surface area contributed by atoms with Crippen LogP contribution in [0, 0.1) is 0 Å². The molecule has 2 rings (SSSR count). The predicted octanol–water partition coefficient (Wildman–Crippen LogP) is 0.806. The number of carbonyl (C=O) groups is 2. The smallest absolute Gasteiger partial charge is 0.328 e. The van der Waals surface area contributed by atoms with E-state index >= 15 is 0 Å². The van der Waals surface area contributed by atoms with Crippen molar-refractivity contribution in [1.29, 1.82) is 0 Å². The summed E-state index contributed by atoms with van der Waals surface area (Å²) in [5.74, 6) is -1.32. The Morgan fingerprint density at radius 2 is 2.24 bits per heavy atom. The van der Waals surface area contributed by atoms with Crippen LogP contribution in [0.15, 0.2) is 43.0 Å². The molecule has 0 spiro atoms. The van der Waals surface area contributed by atoms with Gasteiger partial charge in [0.15, 0.2) is 0 Å². The number of aromatic nitrogens is 3. The summed E-state index contributed by atoms with van der Waals surface area (Å²) in [6.07, 6.45) is 8.78. The van der Waals surface area contributed by atoms with Gasteiger partial charge in [-0.25, -0.2) is 4.79 Å². The number of amides is 1.